The van der Waals surface area contributed by atoms with E-state index in [1.54, 1.807) is 17.2 Å². The number of rotatable bonds is 4. The van der Waals surface area contributed by atoms with Crippen LogP contribution in [0.25, 0.3) is 5.69 Å². The fourth-order valence-corrected chi connectivity index (χ4v) is 3.64. The zero-order chi connectivity index (χ0) is 20.6. The maximum Gasteiger partial charge on any atom is 0.416 e. The highest BCUT2D eigenvalue weighted by Gasteiger charge is 2.37. The lowest BCUT2D eigenvalue weighted by Gasteiger charge is -2.32. The number of hydrogen-bond donors (Lipinski definition) is 1. The van der Waals surface area contributed by atoms with Crippen LogP contribution in [0.4, 0.5) is 18.9 Å². The molecule has 29 heavy (non-hydrogen) atoms. The first-order valence-corrected chi connectivity index (χ1v) is 9.64. The van der Waals surface area contributed by atoms with Gasteiger partial charge in [-0.2, -0.15) is 18.3 Å². The van der Waals surface area contributed by atoms with E-state index in [4.69, 9.17) is 0 Å². The lowest BCUT2D eigenvalue weighted by Crippen LogP contribution is -2.44. The van der Waals surface area contributed by atoms with Crippen LogP contribution in [-0.4, -0.2) is 39.6 Å². The molecule has 2 aliphatic rings. The average molecular weight is 406 g/mol. The summed E-state index contributed by atoms with van der Waals surface area (Å²) in [5.74, 6) is -0.678. The topological polar surface area (TPSA) is 67.2 Å². The first-order chi connectivity index (χ1) is 13.8. The highest BCUT2D eigenvalue weighted by atomic mass is 19.4. The molecule has 9 heteroatoms. The largest absolute Gasteiger partial charge is 0.416 e. The van der Waals surface area contributed by atoms with Crippen molar-refractivity contribution in [1.82, 2.24) is 14.7 Å². The van der Waals surface area contributed by atoms with Crippen LogP contribution in [-0.2, 0) is 15.8 Å². The maximum atomic E-state index is 13.2. The number of halogens is 3. The predicted molar refractivity (Wildman–Crippen MR) is 99.2 cm³/mol. The van der Waals surface area contributed by atoms with Gasteiger partial charge in [0, 0.05) is 31.4 Å². The van der Waals surface area contributed by atoms with Crippen molar-refractivity contribution in [2.75, 3.05) is 18.4 Å². The van der Waals surface area contributed by atoms with Crippen LogP contribution < -0.4 is 5.32 Å². The summed E-state index contributed by atoms with van der Waals surface area (Å²) in [6.45, 7) is 0.929. The molecule has 0 bridgehead atoms. The molecular formula is C20H21F3N4O2. The van der Waals surface area contributed by atoms with Gasteiger partial charge >= 0.3 is 6.18 Å². The lowest BCUT2D eigenvalue weighted by atomic mass is 9.96. The number of likely N-dealkylation sites (tertiary alicyclic amines) is 1. The molecule has 1 aromatic heterocycles. The maximum absolute atomic E-state index is 13.2. The fraction of sp³-hybridized carbons (Fsp3) is 0.450. The fourth-order valence-electron chi connectivity index (χ4n) is 3.64. The van der Waals surface area contributed by atoms with E-state index in [9.17, 15) is 22.8 Å². The molecular weight excluding hydrogens is 385 g/mol. The summed E-state index contributed by atoms with van der Waals surface area (Å²) in [7, 11) is 0. The molecule has 1 atom stereocenters. The molecule has 2 aromatic rings. The molecule has 1 aromatic carbocycles. The second kappa shape index (κ2) is 7.53. The van der Waals surface area contributed by atoms with Gasteiger partial charge in [0.2, 0.25) is 11.8 Å². The number of carbonyl (C=O) groups is 2. The number of carbonyl (C=O) groups excluding carboxylic acids is 2. The Morgan fingerprint density at radius 1 is 1.14 bits per heavy atom. The van der Waals surface area contributed by atoms with E-state index in [0.29, 0.717) is 31.6 Å². The summed E-state index contributed by atoms with van der Waals surface area (Å²) in [5.41, 5.74) is -0.463. The van der Waals surface area contributed by atoms with Gasteiger partial charge in [-0.15, -0.1) is 0 Å². The van der Waals surface area contributed by atoms with Crippen LogP contribution in [0.5, 0.6) is 0 Å². The van der Waals surface area contributed by atoms with Crippen LogP contribution in [0.2, 0.25) is 0 Å². The summed E-state index contributed by atoms with van der Waals surface area (Å²) in [6.07, 6.45) is 1.65. The Morgan fingerprint density at radius 2 is 1.93 bits per heavy atom. The quantitative estimate of drug-likeness (QED) is 0.846. The van der Waals surface area contributed by atoms with Gasteiger partial charge in [0.1, 0.15) is 0 Å². The van der Waals surface area contributed by atoms with E-state index in [1.165, 1.54) is 16.9 Å². The van der Waals surface area contributed by atoms with Crippen LogP contribution in [0.1, 0.15) is 31.2 Å². The molecule has 1 N–H and O–H groups in total. The molecule has 4 rings (SSSR count). The molecule has 2 fully saturated rings. The molecule has 1 saturated heterocycles. The number of benzene rings is 1. The summed E-state index contributed by atoms with van der Waals surface area (Å²) in [4.78, 5) is 26.9. The summed E-state index contributed by atoms with van der Waals surface area (Å²) in [5, 5.41) is 6.70. The van der Waals surface area contributed by atoms with Crippen LogP contribution >= 0.6 is 0 Å². The summed E-state index contributed by atoms with van der Waals surface area (Å²) in [6, 6.07) is 4.81. The minimum Gasteiger partial charge on any atom is -0.342 e. The predicted octanol–water partition coefficient (Wildman–Crippen LogP) is 3.48. The number of anilines is 1. The second-order valence-electron chi connectivity index (χ2n) is 7.57. The van der Waals surface area contributed by atoms with Crippen molar-refractivity contribution < 1.29 is 22.8 Å². The van der Waals surface area contributed by atoms with E-state index in [1.807, 2.05) is 0 Å². The summed E-state index contributed by atoms with van der Waals surface area (Å²) < 4.78 is 40.9. The van der Waals surface area contributed by atoms with Gasteiger partial charge in [-0.25, -0.2) is 4.68 Å². The standard InChI is InChI=1S/C20H21F3N4O2/c21-20(22,23)15-6-7-17(27-10-2-8-24-27)16(11-15)25-18(28)14-3-1-9-26(12-14)19(29)13-4-5-13/h2,6-8,10-11,13-14H,1,3-5,9,12H2,(H,25,28). The smallest absolute Gasteiger partial charge is 0.342 e. The molecule has 2 heterocycles. The molecule has 0 spiro atoms. The van der Waals surface area contributed by atoms with Crippen molar-refractivity contribution in [2.24, 2.45) is 11.8 Å². The van der Waals surface area contributed by atoms with Crippen molar-refractivity contribution in [2.45, 2.75) is 31.9 Å². The average Bonchev–Trinajstić information content (AvgIpc) is 3.41. The van der Waals surface area contributed by atoms with Gasteiger partial charge in [0.05, 0.1) is 22.9 Å². The Kier molecular flexibility index (Phi) is 5.06. The van der Waals surface area contributed by atoms with Gasteiger partial charge in [0.15, 0.2) is 0 Å². The normalized spacial score (nSPS) is 19.8. The third-order valence-corrected chi connectivity index (χ3v) is 5.36. The SMILES string of the molecule is O=C(Nc1cc(C(F)(F)F)ccc1-n1cccn1)C1CCCN(C(=O)C2CC2)C1. The number of piperidine rings is 1. The molecule has 0 radical (unpaired) electrons. The van der Waals surface area contributed by atoms with Crippen molar-refractivity contribution in [3.63, 3.8) is 0 Å². The highest BCUT2D eigenvalue weighted by Crippen LogP contribution is 2.35. The number of nitrogens with zero attached hydrogens (tertiary/aromatic N) is 3. The Labute approximate surface area is 165 Å². The second-order valence-corrected chi connectivity index (χ2v) is 7.57. The Balaban J connectivity index is 1.55. The number of amides is 2. The van der Waals surface area contributed by atoms with Gasteiger partial charge in [0.25, 0.3) is 0 Å². The van der Waals surface area contributed by atoms with Crippen molar-refractivity contribution in [3.8, 4) is 5.69 Å². The number of nitrogens with one attached hydrogen (secondary N) is 1. The number of hydrogen-bond acceptors (Lipinski definition) is 3. The van der Waals surface area contributed by atoms with E-state index in [2.05, 4.69) is 10.4 Å². The Morgan fingerprint density at radius 3 is 2.59 bits per heavy atom. The highest BCUT2D eigenvalue weighted by molar-refractivity contribution is 5.95. The van der Waals surface area contributed by atoms with E-state index in [-0.39, 0.29) is 23.4 Å². The van der Waals surface area contributed by atoms with Crippen LogP contribution in [0, 0.1) is 11.8 Å². The first kappa shape index (κ1) is 19.5. The third kappa shape index (κ3) is 4.28. The zero-order valence-corrected chi connectivity index (χ0v) is 15.7. The van der Waals surface area contributed by atoms with E-state index in [0.717, 1.165) is 25.0 Å². The minimum atomic E-state index is -4.53. The first-order valence-electron chi connectivity index (χ1n) is 9.64. The molecule has 1 saturated carbocycles. The molecule has 6 nitrogen and oxygen atoms in total. The molecule has 1 aliphatic carbocycles. The van der Waals surface area contributed by atoms with Crippen molar-refractivity contribution in [1.29, 1.82) is 0 Å². The van der Waals surface area contributed by atoms with Gasteiger partial charge in [-0.3, -0.25) is 9.59 Å². The Hall–Kier alpha value is -2.84. The van der Waals surface area contributed by atoms with Gasteiger partial charge in [-0.1, -0.05) is 0 Å². The molecule has 1 aliphatic heterocycles. The third-order valence-electron chi connectivity index (χ3n) is 5.36. The van der Waals surface area contributed by atoms with Gasteiger partial charge in [-0.05, 0) is 49.9 Å². The summed E-state index contributed by atoms with van der Waals surface area (Å²) >= 11 is 0. The number of aromatic nitrogens is 2. The molecule has 154 valence electrons. The molecule has 1 unspecified atom stereocenters. The van der Waals surface area contributed by atoms with Crippen molar-refractivity contribution >= 4 is 17.5 Å². The number of alkyl halides is 3. The van der Waals surface area contributed by atoms with E-state index >= 15 is 0 Å². The van der Waals surface area contributed by atoms with Gasteiger partial charge < -0.3 is 10.2 Å². The van der Waals surface area contributed by atoms with Crippen molar-refractivity contribution in [3.05, 3.63) is 42.2 Å². The molecule has 2 amide bonds. The monoisotopic (exact) mass is 406 g/mol. The van der Waals surface area contributed by atoms with Crippen LogP contribution in [0.3, 0.4) is 0 Å². The lowest BCUT2D eigenvalue weighted by molar-refractivity contribution is -0.138. The zero-order valence-electron chi connectivity index (χ0n) is 15.7. The minimum absolute atomic E-state index is 0.0409. The van der Waals surface area contributed by atoms with E-state index < -0.39 is 17.7 Å². The van der Waals surface area contributed by atoms with Crippen LogP contribution in [0.15, 0.2) is 36.7 Å². The Bertz CT molecular complexity index is 907.